The van der Waals surface area contributed by atoms with Crippen molar-refractivity contribution in [1.82, 2.24) is 5.06 Å². The van der Waals surface area contributed by atoms with Crippen LogP contribution in [0.15, 0.2) is 0 Å². The molecule has 10 heavy (non-hydrogen) atoms. The summed E-state index contributed by atoms with van der Waals surface area (Å²) in [5.74, 6) is 5.98. The van der Waals surface area contributed by atoms with Crippen LogP contribution in [0, 0.1) is 5.92 Å². The van der Waals surface area contributed by atoms with Gasteiger partial charge in [-0.05, 0) is 12.3 Å². The number of hydroxylamine groups is 2. The van der Waals surface area contributed by atoms with Crippen molar-refractivity contribution in [1.29, 1.82) is 0 Å². The van der Waals surface area contributed by atoms with Gasteiger partial charge in [-0.1, -0.05) is 19.8 Å². The van der Waals surface area contributed by atoms with E-state index in [2.05, 4.69) is 4.94 Å². The van der Waals surface area contributed by atoms with Gasteiger partial charge in [0.05, 0.1) is 0 Å². The van der Waals surface area contributed by atoms with Gasteiger partial charge in [0.2, 0.25) is 0 Å². The molecule has 1 rings (SSSR count). The normalized spacial score (nSPS) is 18.3. The maximum absolute atomic E-state index is 5.02. The third kappa shape index (κ3) is 2.64. The van der Waals surface area contributed by atoms with Gasteiger partial charge in [-0.2, -0.15) is 11.0 Å². The Balaban J connectivity index is 1.97. The third-order valence-corrected chi connectivity index (χ3v) is 1.99. The van der Waals surface area contributed by atoms with Crippen LogP contribution < -0.4 is 5.90 Å². The first kappa shape index (κ1) is 7.98. The minimum atomic E-state index is 0.878. The molecule has 0 amide bonds. The molecule has 0 atom stereocenters. The molecule has 1 saturated carbocycles. The summed E-state index contributed by atoms with van der Waals surface area (Å²) < 4.78 is 0. The molecule has 3 nitrogen and oxygen atoms in total. The molecule has 1 aliphatic carbocycles. The van der Waals surface area contributed by atoms with Gasteiger partial charge in [-0.3, -0.25) is 0 Å². The predicted molar refractivity (Wildman–Crippen MR) is 39.9 cm³/mol. The van der Waals surface area contributed by atoms with Crippen LogP contribution in [0.3, 0.4) is 0 Å². The van der Waals surface area contributed by atoms with Crippen LogP contribution >= 0.6 is 0 Å². The molecule has 60 valence electrons. The fraction of sp³-hybridized carbons (Fsp3) is 1.00. The minimum absolute atomic E-state index is 0.878. The fourth-order valence-electron chi connectivity index (χ4n) is 1.02. The highest BCUT2D eigenvalue weighted by molar-refractivity contribution is 4.73. The maximum Gasteiger partial charge on any atom is 0.0262 e. The Bertz CT molecular complexity index is 89.6. The SMILES string of the molecule is CCN(CCC1CC1)ON. The second-order valence-electron chi connectivity index (χ2n) is 2.86. The summed E-state index contributed by atoms with van der Waals surface area (Å²) in [5.41, 5.74) is 0. The van der Waals surface area contributed by atoms with E-state index in [4.69, 9.17) is 5.90 Å². The van der Waals surface area contributed by atoms with E-state index in [9.17, 15) is 0 Å². The molecular formula is C7H16N2O. The Morgan fingerprint density at radius 3 is 2.70 bits per heavy atom. The average Bonchev–Trinajstić information content (AvgIpc) is 2.74. The molecule has 0 radical (unpaired) electrons. The zero-order valence-corrected chi connectivity index (χ0v) is 6.55. The molecule has 0 aromatic heterocycles. The van der Waals surface area contributed by atoms with Crippen LogP contribution in [0.25, 0.3) is 0 Å². The van der Waals surface area contributed by atoms with E-state index >= 15 is 0 Å². The highest BCUT2D eigenvalue weighted by Gasteiger charge is 2.21. The van der Waals surface area contributed by atoms with Crippen molar-refractivity contribution in [2.24, 2.45) is 11.8 Å². The topological polar surface area (TPSA) is 38.5 Å². The van der Waals surface area contributed by atoms with Crippen molar-refractivity contribution >= 4 is 0 Å². The predicted octanol–water partition coefficient (Wildman–Crippen LogP) is 0.914. The monoisotopic (exact) mass is 144 g/mol. The van der Waals surface area contributed by atoms with E-state index < -0.39 is 0 Å². The number of hydrogen-bond acceptors (Lipinski definition) is 3. The quantitative estimate of drug-likeness (QED) is 0.583. The van der Waals surface area contributed by atoms with Gasteiger partial charge >= 0.3 is 0 Å². The van der Waals surface area contributed by atoms with Crippen LogP contribution in [-0.4, -0.2) is 18.2 Å². The molecule has 0 spiro atoms. The summed E-state index contributed by atoms with van der Waals surface area (Å²) in [4.78, 5) is 4.61. The molecule has 0 saturated heterocycles. The van der Waals surface area contributed by atoms with Crippen LogP contribution in [-0.2, 0) is 4.94 Å². The molecule has 0 heterocycles. The Kier molecular flexibility index (Phi) is 3.12. The molecule has 3 heteroatoms. The number of nitrogens with zero attached hydrogens (tertiary/aromatic N) is 1. The number of nitrogens with two attached hydrogens (primary N) is 1. The zero-order valence-electron chi connectivity index (χ0n) is 6.55. The molecule has 0 aliphatic heterocycles. The van der Waals surface area contributed by atoms with Crippen LogP contribution in [0.2, 0.25) is 0 Å². The lowest BCUT2D eigenvalue weighted by Crippen LogP contribution is -2.28. The molecule has 0 aromatic rings. The van der Waals surface area contributed by atoms with Crippen molar-refractivity contribution in [3.8, 4) is 0 Å². The van der Waals surface area contributed by atoms with Gasteiger partial charge in [-0.25, -0.2) is 4.94 Å². The van der Waals surface area contributed by atoms with E-state index in [1.165, 1.54) is 19.3 Å². The van der Waals surface area contributed by atoms with Crippen molar-refractivity contribution in [2.45, 2.75) is 26.2 Å². The summed E-state index contributed by atoms with van der Waals surface area (Å²) in [5, 5.41) is 1.79. The second kappa shape index (κ2) is 3.91. The Morgan fingerprint density at radius 2 is 2.30 bits per heavy atom. The van der Waals surface area contributed by atoms with E-state index in [0.717, 1.165) is 19.0 Å². The molecule has 1 fully saturated rings. The summed E-state index contributed by atoms with van der Waals surface area (Å²) in [7, 11) is 0. The summed E-state index contributed by atoms with van der Waals surface area (Å²) in [6, 6.07) is 0. The fourth-order valence-corrected chi connectivity index (χ4v) is 1.02. The minimum Gasteiger partial charge on any atom is -0.214 e. The van der Waals surface area contributed by atoms with Gasteiger partial charge in [-0.15, -0.1) is 0 Å². The maximum atomic E-state index is 5.02. The molecule has 0 unspecified atom stereocenters. The number of rotatable bonds is 5. The lowest BCUT2D eigenvalue weighted by Gasteiger charge is -2.14. The van der Waals surface area contributed by atoms with E-state index in [0.29, 0.717) is 0 Å². The van der Waals surface area contributed by atoms with Crippen molar-refractivity contribution < 1.29 is 4.94 Å². The highest BCUT2D eigenvalue weighted by atomic mass is 16.8. The third-order valence-electron chi connectivity index (χ3n) is 1.99. The van der Waals surface area contributed by atoms with Gasteiger partial charge in [0, 0.05) is 13.1 Å². The Labute approximate surface area is 62.0 Å². The largest absolute Gasteiger partial charge is 0.214 e. The summed E-state index contributed by atoms with van der Waals surface area (Å²) in [6.07, 6.45) is 4.05. The average molecular weight is 144 g/mol. The first-order chi connectivity index (χ1) is 4.86. The molecule has 1 aliphatic rings. The van der Waals surface area contributed by atoms with E-state index in [1.54, 1.807) is 5.06 Å². The second-order valence-corrected chi connectivity index (χ2v) is 2.86. The smallest absolute Gasteiger partial charge is 0.0262 e. The van der Waals surface area contributed by atoms with Crippen LogP contribution in [0.5, 0.6) is 0 Å². The summed E-state index contributed by atoms with van der Waals surface area (Å²) in [6.45, 7) is 3.90. The van der Waals surface area contributed by atoms with Gasteiger partial charge in [0.25, 0.3) is 0 Å². The van der Waals surface area contributed by atoms with Gasteiger partial charge in [0.1, 0.15) is 0 Å². The van der Waals surface area contributed by atoms with E-state index in [1.807, 2.05) is 6.92 Å². The van der Waals surface area contributed by atoms with E-state index in [-0.39, 0.29) is 0 Å². The molecule has 0 aromatic carbocycles. The molecular weight excluding hydrogens is 128 g/mol. The van der Waals surface area contributed by atoms with Crippen LogP contribution in [0.4, 0.5) is 0 Å². The number of hydrogen-bond donors (Lipinski definition) is 1. The summed E-state index contributed by atoms with van der Waals surface area (Å²) >= 11 is 0. The highest BCUT2D eigenvalue weighted by Crippen LogP contribution is 2.32. The van der Waals surface area contributed by atoms with Crippen LogP contribution in [0.1, 0.15) is 26.2 Å². The standard InChI is InChI=1S/C7H16N2O/c1-2-9(10-8)6-5-7-3-4-7/h7H,2-6,8H2,1H3. The first-order valence-electron chi connectivity index (χ1n) is 3.98. The van der Waals surface area contributed by atoms with Gasteiger partial charge < -0.3 is 0 Å². The van der Waals surface area contributed by atoms with Gasteiger partial charge in [0.15, 0.2) is 0 Å². The first-order valence-corrected chi connectivity index (χ1v) is 3.98. The Morgan fingerprint density at radius 1 is 1.60 bits per heavy atom. The molecule has 2 N–H and O–H groups in total. The van der Waals surface area contributed by atoms with Crippen molar-refractivity contribution in [2.75, 3.05) is 13.1 Å². The van der Waals surface area contributed by atoms with Crippen molar-refractivity contribution in [3.05, 3.63) is 0 Å². The molecule has 0 bridgehead atoms. The van der Waals surface area contributed by atoms with Crippen molar-refractivity contribution in [3.63, 3.8) is 0 Å². The Hall–Kier alpha value is -0.120. The zero-order chi connectivity index (χ0) is 7.40. The lowest BCUT2D eigenvalue weighted by molar-refractivity contribution is -0.161. The lowest BCUT2D eigenvalue weighted by atomic mass is 10.3.